The lowest BCUT2D eigenvalue weighted by atomic mass is 10.2. The molecule has 0 spiro atoms. The van der Waals surface area contributed by atoms with Gasteiger partial charge < -0.3 is 5.32 Å². The molecule has 1 fully saturated rings. The zero-order valence-corrected chi connectivity index (χ0v) is 10.9. The molecule has 1 aromatic heterocycles. The van der Waals surface area contributed by atoms with Crippen LogP contribution in [0, 0.1) is 6.92 Å². The van der Waals surface area contributed by atoms with Gasteiger partial charge in [0.15, 0.2) is 0 Å². The molecule has 0 unspecified atom stereocenters. The number of aromatic nitrogens is 2. The average molecular weight is 281 g/mol. The molecular formula is C14H14F3N3. The van der Waals surface area contributed by atoms with Crippen LogP contribution in [-0.2, 0) is 6.18 Å². The average Bonchev–Trinajstić information content (AvgIpc) is 3.11. The predicted octanol–water partition coefficient (Wildman–Crippen LogP) is 3.77. The van der Waals surface area contributed by atoms with Crippen molar-refractivity contribution in [1.29, 1.82) is 0 Å². The second-order valence-corrected chi connectivity index (χ2v) is 5.04. The number of nitrogens with one attached hydrogen (secondary N) is 1. The summed E-state index contributed by atoms with van der Waals surface area (Å²) in [6.07, 6.45) is -0.274. The Hall–Kier alpha value is -1.98. The molecule has 0 aliphatic heterocycles. The highest BCUT2D eigenvalue weighted by atomic mass is 19.4. The number of hydrogen-bond acceptors (Lipinski definition) is 2. The minimum atomic E-state index is -4.31. The summed E-state index contributed by atoms with van der Waals surface area (Å²) in [7, 11) is 0. The summed E-state index contributed by atoms with van der Waals surface area (Å²) in [6.45, 7) is 1.86. The molecule has 106 valence electrons. The van der Waals surface area contributed by atoms with Crippen molar-refractivity contribution in [1.82, 2.24) is 9.55 Å². The third-order valence-electron chi connectivity index (χ3n) is 3.21. The molecule has 3 nitrogen and oxygen atoms in total. The molecule has 0 amide bonds. The van der Waals surface area contributed by atoms with Crippen LogP contribution in [-0.4, -0.2) is 15.6 Å². The molecule has 1 N–H and O–H groups in total. The largest absolute Gasteiger partial charge is 0.416 e. The van der Waals surface area contributed by atoms with Gasteiger partial charge in [-0.3, -0.25) is 4.57 Å². The molecule has 2 aromatic rings. The Balaban J connectivity index is 1.92. The maximum Gasteiger partial charge on any atom is 0.416 e. The van der Waals surface area contributed by atoms with Gasteiger partial charge in [0.2, 0.25) is 5.95 Å². The quantitative estimate of drug-likeness (QED) is 0.928. The van der Waals surface area contributed by atoms with E-state index in [4.69, 9.17) is 0 Å². The summed E-state index contributed by atoms with van der Waals surface area (Å²) in [4.78, 5) is 4.37. The third kappa shape index (κ3) is 2.64. The Morgan fingerprint density at radius 1 is 1.20 bits per heavy atom. The van der Waals surface area contributed by atoms with Gasteiger partial charge in [-0.05, 0) is 44.0 Å². The molecule has 1 saturated carbocycles. The van der Waals surface area contributed by atoms with E-state index in [0.29, 0.717) is 17.7 Å². The summed E-state index contributed by atoms with van der Waals surface area (Å²) in [5, 5.41) is 3.28. The molecule has 20 heavy (non-hydrogen) atoms. The highest BCUT2D eigenvalue weighted by Crippen LogP contribution is 2.30. The first kappa shape index (κ1) is 13.0. The predicted molar refractivity (Wildman–Crippen MR) is 69.9 cm³/mol. The van der Waals surface area contributed by atoms with E-state index in [1.54, 1.807) is 4.57 Å². The number of benzene rings is 1. The fourth-order valence-electron chi connectivity index (χ4n) is 2.02. The van der Waals surface area contributed by atoms with Crippen LogP contribution in [0.3, 0.4) is 0 Å². The lowest BCUT2D eigenvalue weighted by molar-refractivity contribution is -0.137. The zero-order chi connectivity index (χ0) is 14.3. The number of imidazole rings is 1. The van der Waals surface area contributed by atoms with Crippen LogP contribution in [0.15, 0.2) is 30.5 Å². The van der Waals surface area contributed by atoms with Crippen LogP contribution in [0.4, 0.5) is 19.1 Å². The first-order valence-corrected chi connectivity index (χ1v) is 6.43. The van der Waals surface area contributed by atoms with E-state index in [0.717, 1.165) is 30.7 Å². The number of alkyl halides is 3. The molecule has 1 aliphatic carbocycles. The maximum atomic E-state index is 12.6. The first-order chi connectivity index (χ1) is 9.43. The van der Waals surface area contributed by atoms with Crippen molar-refractivity contribution in [2.75, 3.05) is 5.32 Å². The van der Waals surface area contributed by atoms with Gasteiger partial charge in [-0.25, -0.2) is 4.98 Å². The van der Waals surface area contributed by atoms with Crippen molar-refractivity contribution in [2.45, 2.75) is 32.0 Å². The summed E-state index contributed by atoms with van der Waals surface area (Å²) in [5.41, 5.74) is 0.851. The fraction of sp³-hybridized carbons (Fsp3) is 0.357. The van der Waals surface area contributed by atoms with Gasteiger partial charge in [-0.1, -0.05) is 0 Å². The number of aryl methyl sites for hydroxylation is 1. The van der Waals surface area contributed by atoms with Gasteiger partial charge >= 0.3 is 6.18 Å². The van der Waals surface area contributed by atoms with Crippen LogP contribution in [0.25, 0.3) is 5.69 Å². The first-order valence-electron chi connectivity index (χ1n) is 6.43. The van der Waals surface area contributed by atoms with Crippen molar-refractivity contribution < 1.29 is 13.2 Å². The Bertz CT molecular complexity index is 610. The van der Waals surface area contributed by atoms with Crippen molar-refractivity contribution in [3.05, 3.63) is 41.7 Å². The Labute approximate surface area is 114 Å². The molecule has 0 atom stereocenters. The molecule has 6 heteroatoms. The van der Waals surface area contributed by atoms with Crippen LogP contribution in [0.5, 0.6) is 0 Å². The van der Waals surface area contributed by atoms with Crippen molar-refractivity contribution >= 4 is 5.95 Å². The molecule has 0 saturated heterocycles. The summed E-state index contributed by atoms with van der Waals surface area (Å²) < 4.78 is 39.4. The van der Waals surface area contributed by atoms with E-state index in [1.165, 1.54) is 12.1 Å². The molecule has 0 radical (unpaired) electrons. The number of halogens is 3. The van der Waals surface area contributed by atoms with Gasteiger partial charge in [0.05, 0.1) is 11.3 Å². The minimum Gasteiger partial charge on any atom is -0.353 e. The molecule has 3 rings (SSSR count). The highest BCUT2D eigenvalue weighted by Gasteiger charge is 2.30. The highest BCUT2D eigenvalue weighted by molar-refractivity contribution is 5.45. The summed E-state index contributed by atoms with van der Waals surface area (Å²) in [6, 6.07) is 5.53. The second-order valence-electron chi connectivity index (χ2n) is 5.04. The van der Waals surface area contributed by atoms with E-state index >= 15 is 0 Å². The summed E-state index contributed by atoms with van der Waals surface area (Å²) in [5.74, 6) is 0.685. The second kappa shape index (κ2) is 4.54. The number of nitrogens with zero attached hydrogens (tertiary/aromatic N) is 2. The maximum absolute atomic E-state index is 12.6. The van der Waals surface area contributed by atoms with Gasteiger partial charge in [-0.15, -0.1) is 0 Å². The van der Waals surface area contributed by atoms with E-state index in [2.05, 4.69) is 10.3 Å². The fourth-order valence-corrected chi connectivity index (χ4v) is 2.02. The van der Waals surface area contributed by atoms with Crippen molar-refractivity contribution in [3.8, 4) is 5.69 Å². The smallest absolute Gasteiger partial charge is 0.353 e. The Kier molecular flexibility index (Phi) is 2.96. The topological polar surface area (TPSA) is 29.9 Å². The monoisotopic (exact) mass is 281 g/mol. The van der Waals surface area contributed by atoms with E-state index < -0.39 is 11.7 Å². The SMILES string of the molecule is Cc1cn(-c2ccc(C(F)(F)F)cc2)c(NC2CC2)n1. The molecule has 1 aliphatic rings. The Morgan fingerprint density at radius 3 is 2.40 bits per heavy atom. The van der Waals surface area contributed by atoms with Gasteiger partial charge in [-0.2, -0.15) is 13.2 Å². The minimum absolute atomic E-state index is 0.435. The normalized spacial score (nSPS) is 15.4. The number of anilines is 1. The van der Waals surface area contributed by atoms with E-state index in [-0.39, 0.29) is 0 Å². The third-order valence-corrected chi connectivity index (χ3v) is 3.21. The lowest BCUT2D eigenvalue weighted by Gasteiger charge is -2.11. The standard InChI is InChI=1S/C14H14F3N3/c1-9-8-20(13(18-9)19-11-4-5-11)12-6-2-10(3-7-12)14(15,16)17/h2-3,6-8,11H,4-5H2,1H3,(H,18,19). The lowest BCUT2D eigenvalue weighted by Crippen LogP contribution is -2.08. The van der Waals surface area contributed by atoms with Crippen LogP contribution < -0.4 is 5.32 Å². The number of hydrogen-bond donors (Lipinski definition) is 1. The molecular weight excluding hydrogens is 267 g/mol. The molecule has 0 bridgehead atoms. The molecule has 1 aromatic carbocycles. The number of rotatable bonds is 3. The van der Waals surface area contributed by atoms with E-state index in [1.807, 2.05) is 13.1 Å². The van der Waals surface area contributed by atoms with Gasteiger partial charge in [0.1, 0.15) is 0 Å². The Morgan fingerprint density at radius 2 is 1.85 bits per heavy atom. The van der Waals surface area contributed by atoms with Gasteiger partial charge in [0, 0.05) is 17.9 Å². The van der Waals surface area contributed by atoms with Crippen LogP contribution in [0.2, 0.25) is 0 Å². The summed E-state index contributed by atoms with van der Waals surface area (Å²) >= 11 is 0. The zero-order valence-electron chi connectivity index (χ0n) is 10.9. The molecule has 1 heterocycles. The van der Waals surface area contributed by atoms with Crippen molar-refractivity contribution in [2.24, 2.45) is 0 Å². The van der Waals surface area contributed by atoms with Crippen LogP contribution in [0.1, 0.15) is 24.1 Å². The van der Waals surface area contributed by atoms with Crippen molar-refractivity contribution in [3.63, 3.8) is 0 Å². The van der Waals surface area contributed by atoms with E-state index in [9.17, 15) is 13.2 Å². The van der Waals surface area contributed by atoms with Crippen LogP contribution >= 0.6 is 0 Å². The van der Waals surface area contributed by atoms with Gasteiger partial charge in [0.25, 0.3) is 0 Å².